The first-order valence-corrected chi connectivity index (χ1v) is 10.4. The third-order valence-corrected chi connectivity index (χ3v) is 5.92. The Morgan fingerprint density at radius 2 is 1.59 bits per heavy atom. The van der Waals surface area contributed by atoms with Crippen LogP contribution in [0.4, 0.5) is 32.0 Å². The number of carbonyl (C=O) groups excluding carboxylic acids is 1. The van der Waals surface area contributed by atoms with Crippen molar-refractivity contribution in [2.24, 2.45) is 5.92 Å². The molecule has 1 atom stereocenters. The van der Waals surface area contributed by atoms with Crippen LogP contribution in [0.3, 0.4) is 0 Å². The molecule has 0 saturated carbocycles. The van der Waals surface area contributed by atoms with E-state index in [-0.39, 0.29) is 29.3 Å². The molecule has 0 spiro atoms. The van der Waals surface area contributed by atoms with Crippen LogP contribution in [0.15, 0.2) is 34.2 Å². The van der Waals surface area contributed by atoms with Crippen LogP contribution in [0.2, 0.25) is 0 Å². The molecule has 1 N–H and O–H groups in total. The summed E-state index contributed by atoms with van der Waals surface area (Å²) >= 11 is 1.13. The minimum Gasteiger partial charge on any atom is -0.326 e. The number of anilines is 1. The smallest absolute Gasteiger partial charge is 0.326 e. The molecule has 174 valence electrons. The molecular weight excluding hydrogens is 460 g/mol. The average Bonchev–Trinajstić information content (AvgIpc) is 2.65. The summed E-state index contributed by atoms with van der Waals surface area (Å²) in [7, 11) is 0. The summed E-state index contributed by atoms with van der Waals surface area (Å²) < 4.78 is 79.4. The highest BCUT2D eigenvalue weighted by Crippen LogP contribution is 2.38. The Bertz CT molecular complexity index is 1070. The van der Waals surface area contributed by atoms with E-state index in [2.05, 4.69) is 10.3 Å². The van der Waals surface area contributed by atoms with Crippen molar-refractivity contribution in [3.63, 3.8) is 0 Å². The number of fused-ring (bicyclic) bond motifs is 1. The highest BCUT2D eigenvalue weighted by molar-refractivity contribution is 7.99. The van der Waals surface area contributed by atoms with Crippen molar-refractivity contribution in [1.29, 1.82) is 0 Å². The molecule has 1 aromatic heterocycles. The number of hydrogen-bond acceptors (Lipinski definition) is 4. The predicted octanol–water partition coefficient (Wildman–Crippen LogP) is 4.94. The Hall–Kier alpha value is -2.50. The van der Waals surface area contributed by atoms with E-state index in [1.54, 1.807) is 0 Å². The number of halogens is 6. The van der Waals surface area contributed by atoms with Crippen LogP contribution in [0, 0.1) is 5.92 Å². The van der Waals surface area contributed by atoms with Crippen molar-refractivity contribution < 1.29 is 31.1 Å². The SMILES string of the molecule is CC(C)(C)c1cc(=O)n2c(n1)SCC(C(=O)Nc1cc(C(F)(F)F)cc(C(F)(F)F)c1)C2. The van der Waals surface area contributed by atoms with E-state index in [0.717, 1.165) is 11.8 Å². The monoisotopic (exact) mass is 479 g/mol. The number of hydrogen-bond donors (Lipinski definition) is 1. The fourth-order valence-corrected chi connectivity index (χ4v) is 4.12. The molecule has 0 saturated heterocycles. The number of alkyl halides is 6. The molecule has 1 unspecified atom stereocenters. The summed E-state index contributed by atoms with van der Waals surface area (Å²) in [5.41, 5.74) is -3.86. The minimum absolute atomic E-state index is 0.0135. The molecule has 0 bridgehead atoms. The van der Waals surface area contributed by atoms with Gasteiger partial charge in [-0.25, -0.2) is 4.98 Å². The number of carbonyl (C=O) groups is 1. The fourth-order valence-electron chi connectivity index (χ4n) is 3.03. The van der Waals surface area contributed by atoms with E-state index < -0.39 is 41.0 Å². The molecule has 2 heterocycles. The van der Waals surface area contributed by atoms with E-state index in [1.807, 2.05) is 20.8 Å². The molecule has 0 aliphatic carbocycles. The number of nitrogens with zero attached hydrogens (tertiary/aromatic N) is 2. The summed E-state index contributed by atoms with van der Waals surface area (Å²) in [5, 5.41) is 2.54. The summed E-state index contributed by atoms with van der Waals surface area (Å²) in [6, 6.07) is 2.23. The number of amides is 1. The van der Waals surface area contributed by atoms with E-state index in [9.17, 15) is 35.9 Å². The largest absolute Gasteiger partial charge is 0.416 e. The maximum absolute atomic E-state index is 13.0. The Morgan fingerprint density at radius 1 is 1.03 bits per heavy atom. The predicted molar refractivity (Wildman–Crippen MR) is 106 cm³/mol. The first-order chi connectivity index (χ1) is 14.6. The minimum atomic E-state index is -5.02. The Labute approximate surface area is 183 Å². The molecule has 0 radical (unpaired) electrons. The second-order valence-electron chi connectivity index (χ2n) is 8.41. The Morgan fingerprint density at radius 3 is 2.09 bits per heavy atom. The Balaban J connectivity index is 1.86. The lowest BCUT2D eigenvalue weighted by atomic mass is 9.92. The molecule has 32 heavy (non-hydrogen) atoms. The first-order valence-electron chi connectivity index (χ1n) is 9.41. The lowest BCUT2D eigenvalue weighted by Gasteiger charge is -2.26. The highest BCUT2D eigenvalue weighted by atomic mass is 32.2. The van der Waals surface area contributed by atoms with Crippen LogP contribution in [0.5, 0.6) is 0 Å². The van der Waals surface area contributed by atoms with Gasteiger partial charge in [-0.1, -0.05) is 32.5 Å². The molecule has 12 heteroatoms. The Kier molecular flexibility index (Phi) is 6.13. The van der Waals surface area contributed by atoms with Gasteiger partial charge in [-0.3, -0.25) is 14.2 Å². The zero-order valence-corrected chi connectivity index (χ0v) is 18.0. The van der Waals surface area contributed by atoms with Gasteiger partial charge < -0.3 is 5.32 Å². The van der Waals surface area contributed by atoms with Crippen LogP contribution in [0.1, 0.15) is 37.6 Å². The van der Waals surface area contributed by atoms with Gasteiger partial charge in [0.1, 0.15) is 0 Å². The van der Waals surface area contributed by atoms with Gasteiger partial charge >= 0.3 is 12.4 Å². The van der Waals surface area contributed by atoms with Gasteiger partial charge in [0, 0.05) is 29.5 Å². The second kappa shape index (κ2) is 8.13. The molecule has 0 fully saturated rings. The highest BCUT2D eigenvalue weighted by Gasteiger charge is 2.37. The molecule has 1 aliphatic heterocycles. The van der Waals surface area contributed by atoms with Crippen LogP contribution >= 0.6 is 11.8 Å². The van der Waals surface area contributed by atoms with Gasteiger partial charge in [-0.2, -0.15) is 26.3 Å². The van der Waals surface area contributed by atoms with E-state index in [0.29, 0.717) is 23.0 Å². The summed E-state index contributed by atoms with van der Waals surface area (Å²) in [6.07, 6.45) is -10.0. The molecule has 3 rings (SSSR count). The van der Waals surface area contributed by atoms with Gasteiger partial charge in [0.05, 0.1) is 22.7 Å². The summed E-state index contributed by atoms with van der Waals surface area (Å²) in [4.78, 5) is 29.6. The van der Waals surface area contributed by atoms with Crippen molar-refractivity contribution in [2.75, 3.05) is 11.1 Å². The van der Waals surface area contributed by atoms with Crippen molar-refractivity contribution in [3.05, 3.63) is 51.4 Å². The average molecular weight is 479 g/mol. The summed E-state index contributed by atoms with van der Waals surface area (Å²) in [6.45, 7) is 5.58. The van der Waals surface area contributed by atoms with Gasteiger partial charge in [-0.15, -0.1) is 0 Å². The van der Waals surface area contributed by atoms with Gasteiger partial charge in [0.25, 0.3) is 5.56 Å². The van der Waals surface area contributed by atoms with E-state index >= 15 is 0 Å². The number of thioether (sulfide) groups is 1. The lowest BCUT2D eigenvalue weighted by Crippen LogP contribution is -2.37. The second-order valence-corrected chi connectivity index (χ2v) is 9.40. The third kappa shape index (κ3) is 5.28. The number of aromatic nitrogens is 2. The molecule has 5 nitrogen and oxygen atoms in total. The molecule has 1 aliphatic rings. The van der Waals surface area contributed by atoms with E-state index in [4.69, 9.17) is 0 Å². The first kappa shape index (κ1) is 24.1. The van der Waals surface area contributed by atoms with Crippen molar-refractivity contribution in [3.8, 4) is 0 Å². The maximum Gasteiger partial charge on any atom is 0.416 e. The van der Waals surface area contributed by atoms with Gasteiger partial charge in [0.15, 0.2) is 5.16 Å². The quantitative estimate of drug-likeness (QED) is 0.490. The molecule has 1 amide bonds. The fraction of sp³-hybridized carbons (Fsp3) is 0.450. The molecular formula is C20H19F6N3O2S. The van der Waals surface area contributed by atoms with Crippen molar-refractivity contribution in [1.82, 2.24) is 9.55 Å². The van der Waals surface area contributed by atoms with Crippen molar-refractivity contribution in [2.45, 2.75) is 50.2 Å². The summed E-state index contributed by atoms with van der Waals surface area (Å²) in [5.74, 6) is -1.48. The maximum atomic E-state index is 13.0. The van der Waals surface area contributed by atoms with Crippen LogP contribution in [0.25, 0.3) is 0 Å². The normalized spacial score (nSPS) is 17.1. The topological polar surface area (TPSA) is 64.0 Å². The van der Waals surface area contributed by atoms with Gasteiger partial charge in [-0.05, 0) is 18.2 Å². The van der Waals surface area contributed by atoms with Gasteiger partial charge in [0.2, 0.25) is 5.91 Å². The van der Waals surface area contributed by atoms with Crippen LogP contribution in [-0.4, -0.2) is 21.2 Å². The number of nitrogens with one attached hydrogen (secondary N) is 1. The lowest BCUT2D eigenvalue weighted by molar-refractivity contribution is -0.143. The standard InChI is InChI=1S/C20H19F6N3O2S/c1-18(2,3)14-7-15(30)29-8-10(9-32-17(29)28-14)16(31)27-13-5-11(19(21,22)23)4-12(6-13)20(24,25)26/h4-7,10H,8-9H2,1-3H3,(H,27,31). The zero-order valence-electron chi connectivity index (χ0n) is 17.2. The van der Waals surface area contributed by atoms with E-state index in [1.165, 1.54) is 10.6 Å². The van der Waals surface area contributed by atoms with Crippen molar-refractivity contribution >= 4 is 23.4 Å². The molecule has 2 aromatic rings. The molecule has 1 aromatic carbocycles. The third-order valence-electron chi connectivity index (χ3n) is 4.78. The zero-order chi connectivity index (χ0) is 24.1. The number of rotatable bonds is 2. The number of benzene rings is 1. The van der Waals surface area contributed by atoms with Crippen LogP contribution < -0.4 is 10.9 Å². The van der Waals surface area contributed by atoms with Crippen LogP contribution in [-0.2, 0) is 29.1 Å².